The number of hydrogen-bond donors (Lipinski definition) is 0. The van der Waals surface area contributed by atoms with Crippen molar-refractivity contribution >= 4 is 11.4 Å². The topological polar surface area (TPSA) is 82.6 Å². The van der Waals surface area contributed by atoms with Crippen LogP contribution in [0.2, 0.25) is 0 Å². The molecule has 1 aromatic rings. The van der Waals surface area contributed by atoms with E-state index < -0.39 is 0 Å². The van der Waals surface area contributed by atoms with E-state index in [4.69, 9.17) is 10.00 Å². The Balaban J connectivity index is 2.22. The fourth-order valence-electron chi connectivity index (χ4n) is 2.47. The third-order valence-corrected chi connectivity index (χ3v) is 3.47. The first kappa shape index (κ1) is 15.1. The summed E-state index contributed by atoms with van der Waals surface area (Å²) in [6, 6.07) is 7.27. The SMILES string of the molecule is CCOc1cccc(N2CCN(CC#N)CC2)c1[N+](=O)[O-]. The highest BCUT2D eigenvalue weighted by molar-refractivity contribution is 5.70. The Bertz CT molecular complexity index is 548. The fraction of sp³-hybridized carbons (Fsp3) is 0.500. The number of nitriles is 1. The van der Waals surface area contributed by atoms with Crippen molar-refractivity contribution in [1.82, 2.24) is 4.90 Å². The third kappa shape index (κ3) is 3.41. The number of para-hydroxylation sites is 1. The maximum atomic E-state index is 11.4. The van der Waals surface area contributed by atoms with Crippen LogP contribution in [-0.2, 0) is 0 Å². The lowest BCUT2D eigenvalue weighted by Crippen LogP contribution is -2.46. The van der Waals surface area contributed by atoms with E-state index >= 15 is 0 Å². The van der Waals surface area contributed by atoms with Crippen LogP contribution in [0.5, 0.6) is 5.75 Å². The molecule has 1 aliphatic heterocycles. The molecule has 7 nitrogen and oxygen atoms in total. The number of nitro groups is 1. The van der Waals surface area contributed by atoms with Gasteiger partial charge >= 0.3 is 5.69 Å². The predicted octanol–water partition coefficient (Wildman–Crippen LogP) is 1.64. The first-order chi connectivity index (χ1) is 10.2. The summed E-state index contributed by atoms with van der Waals surface area (Å²) in [5.41, 5.74) is 0.607. The maximum absolute atomic E-state index is 11.4. The molecule has 112 valence electrons. The highest BCUT2D eigenvalue weighted by atomic mass is 16.6. The molecule has 7 heteroatoms. The van der Waals surface area contributed by atoms with Gasteiger partial charge < -0.3 is 9.64 Å². The molecule has 1 heterocycles. The molecule has 0 aromatic heterocycles. The summed E-state index contributed by atoms with van der Waals surface area (Å²) < 4.78 is 5.37. The Labute approximate surface area is 123 Å². The van der Waals surface area contributed by atoms with E-state index in [1.54, 1.807) is 25.1 Å². The van der Waals surface area contributed by atoms with Gasteiger partial charge in [-0.05, 0) is 19.1 Å². The molecule has 2 rings (SSSR count). The minimum absolute atomic E-state index is 0.0214. The molecular formula is C14H18N4O3. The maximum Gasteiger partial charge on any atom is 0.333 e. The van der Waals surface area contributed by atoms with Crippen LogP contribution in [-0.4, -0.2) is 49.2 Å². The number of nitrogens with zero attached hydrogens (tertiary/aromatic N) is 4. The van der Waals surface area contributed by atoms with Crippen LogP contribution in [0.1, 0.15) is 6.92 Å². The molecule has 0 saturated carbocycles. The zero-order valence-electron chi connectivity index (χ0n) is 12.0. The molecule has 21 heavy (non-hydrogen) atoms. The molecule has 1 saturated heterocycles. The second-order valence-electron chi connectivity index (χ2n) is 4.74. The van der Waals surface area contributed by atoms with E-state index in [0.29, 0.717) is 37.7 Å². The van der Waals surface area contributed by atoms with E-state index in [2.05, 4.69) is 6.07 Å². The van der Waals surface area contributed by atoms with Crippen molar-refractivity contribution in [1.29, 1.82) is 5.26 Å². The zero-order chi connectivity index (χ0) is 15.2. The minimum atomic E-state index is -0.387. The molecule has 0 amide bonds. The van der Waals surface area contributed by atoms with Crippen LogP contribution in [0.4, 0.5) is 11.4 Å². The summed E-state index contributed by atoms with van der Waals surface area (Å²) in [5.74, 6) is 0.305. The molecule has 0 atom stereocenters. The van der Waals surface area contributed by atoms with Crippen molar-refractivity contribution in [3.05, 3.63) is 28.3 Å². The minimum Gasteiger partial charge on any atom is -0.487 e. The van der Waals surface area contributed by atoms with Crippen LogP contribution >= 0.6 is 0 Å². The van der Waals surface area contributed by atoms with E-state index in [9.17, 15) is 10.1 Å². The van der Waals surface area contributed by atoms with Crippen LogP contribution < -0.4 is 9.64 Å². The second kappa shape index (κ2) is 6.90. The van der Waals surface area contributed by atoms with Gasteiger partial charge in [-0.1, -0.05) is 6.07 Å². The number of ether oxygens (including phenoxy) is 1. The lowest BCUT2D eigenvalue weighted by Gasteiger charge is -2.34. The zero-order valence-corrected chi connectivity index (χ0v) is 12.0. The Kier molecular flexibility index (Phi) is 4.95. The summed E-state index contributed by atoms with van der Waals surface area (Å²) in [7, 11) is 0. The Morgan fingerprint density at radius 3 is 2.67 bits per heavy atom. The van der Waals surface area contributed by atoms with Crippen molar-refractivity contribution in [2.75, 3.05) is 44.2 Å². The monoisotopic (exact) mass is 290 g/mol. The first-order valence-corrected chi connectivity index (χ1v) is 6.91. The molecule has 0 spiro atoms. The van der Waals surface area contributed by atoms with E-state index in [1.807, 2.05) is 9.80 Å². The molecule has 1 aromatic carbocycles. The molecule has 0 unspecified atom stereocenters. The summed E-state index contributed by atoms with van der Waals surface area (Å²) in [5, 5.41) is 20.1. The van der Waals surface area contributed by atoms with E-state index in [0.717, 1.165) is 13.1 Å². The number of benzene rings is 1. The number of anilines is 1. The number of hydrogen-bond acceptors (Lipinski definition) is 6. The molecule has 0 bridgehead atoms. The average molecular weight is 290 g/mol. The third-order valence-electron chi connectivity index (χ3n) is 3.47. The summed E-state index contributed by atoms with van der Waals surface area (Å²) >= 11 is 0. The van der Waals surface area contributed by atoms with E-state index in [-0.39, 0.29) is 10.6 Å². The van der Waals surface area contributed by atoms with Gasteiger partial charge in [0.15, 0.2) is 5.75 Å². The Hall–Kier alpha value is -2.33. The average Bonchev–Trinajstić information content (AvgIpc) is 2.48. The van der Waals surface area contributed by atoms with Crippen molar-refractivity contribution in [2.24, 2.45) is 0 Å². The van der Waals surface area contributed by atoms with Crippen molar-refractivity contribution in [2.45, 2.75) is 6.92 Å². The van der Waals surface area contributed by atoms with Gasteiger partial charge in [-0.25, -0.2) is 0 Å². The number of rotatable bonds is 5. The molecule has 0 N–H and O–H groups in total. The van der Waals surface area contributed by atoms with Crippen LogP contribution in [0.3, 0.4) is 0 Å². The van der Waals surface area contributed by atoms with Gasteiger partial charge in [0.25, 0.3) is 0 Å². The number of nitro benzene ring substituents is 1. The van der Waals surface area contributed by atoms with Gasteiger partial charge in [0.1, 0.15) is 5.69 Å². The van der Waals surface area contributed by atoms with Crippen molar-refractivity contribution in [3.8, 4) is 11.8 Å². The smallest absolute Gasteiger partial charge is 0.333 e. The largest absolute Gasteiger partial charge is 0.487 e. The molecule has 1 aliphatic rings. The molecule has 1 fully saturated rings. The second-order valence-corrected chi connectivity index (χ2v) is 4.74. The highest BCUT2D eigenvalue weighted by Gasteiger charge is 2.27. The van der Waals surface area contributed by atoms with Gasteiger partial charge in [0.05, 0.1) is 24.1 Å². The van der Waals surface area contributed by atoms with Crippen LogP contribution in [0, 0.1) is 21.4 Å². The lowest BCUT2D eigenvalue weighted by molar-refractivity contribution is -0.385. The van der Waals surface area contributed by atoms with E-state index in [1.165, 1.54) is 0 Å². The molecule has 0 radical (unpaired) electrons. The van der Waals surface area contributed by atoms with Crippen LogP contribution in [0.25, 0.3) is 0 Å². The quantitative estimate of drug-likeness (QED) is 0.466. The number of piperazine rings is 1. The first-order valence-electron chi connectivity index (χ1n) is 6.91. The molecular weight excluding hydrogens is 272 g/mol. The summed E-state index contributed by atoms with van der Waals surface area (Å²) in [4.78, 5) is 15.0. The van der Waals surface area contributed by atoms with Gasteiger partial charge in [0, 0.05) is 26.2 Å². The van der Waals surface area contributed by atoms with Gasteiger partial charge in [-0.3, -0.25) is 15.0 Å². The summed E-state index contributed by atoms with van der Waals surface area (Å²) in [6.07, 6.45) is 0. The van der Waals surface area contributed by atoms with Gasteiger partial charge in [0.2, 0.25) is 0 Å². The normalized spacial score (nSPS) is 15.5. The summed E-state index contributed by atoms with van der Waals surface area (Å²) in [6.45, 7) is 5.37. The van der Waals surface area contributed by atoms with Crippen molar-refractivity contribution < 1.29 is 9.66 Å². The fourth-order valence-corrected chi connectivity index (χ4v) is 2.47. The molecule has 0 aliphatic carbocycles. The highest BCUT2D eigenvalue weighted by Crippen LogP contribution is 2.37. The predicted molar refractivity (Wildman–Crippen MR) is 78.5 cm³/mol. The lowest BCUT2D eigenvalue weighted by atomic mass is 10.2. The van der Waals surface area contributed by atoms with Crippen LogP contribution in [0.15, 0.2) is 18.2 Å². The standard InChI is InChI=1S/C14H18N4O3/c1-2-21-13-5-3-4-12(14(13)18(19)20)17-10-8-16(7-6-15)9-11-17/h3-5H,2,7-11H2,1H3. The van der Waals surface area contributed by atoms with Gasteiger partial charge in [-0.15, -0.1) is 0 Å². The Morgan fingerprint density at radius 2 is 2.10 bits per heavy atom. The van der Waals surface area contributed by atoms with Gasteiger partial charge in [-0.2, -0.15) is 5.26 Å². The van der Waals surface area contributed by atoms with Crippen molar-refractivity contribution in [3.63, 3.8) is 0 Å². The Morgan fingerprint density at radius 1 is 1.38 bits per heavy atom.